The van der Waals surface area contributed by atoms with Crippen LogP contribution in [0.3, 0.4) is 0 Å². The normalized spacial score (nSPS) is 14.6. The summed E-state index contributed by atoms with van der Waals surface area (Å²) < 4.78 is 21.1. The van der Waals surface area contributed by atoms with E-state index in [1.54, 1.807) is 36.8 Å². The minimum Gasteiger partial charge on any atom is -0.496 e. The van der Waals surface area contributed by atoms with Gasteiger partial charge in [0.05, 0.1) is 36.7 Å². The van der Waals surface area contributed by atoms with E-state index in [4.69, 9.17) is 42.4 Å². The minimum atomic E-state index is -0.835. The zero-order valence-electron chi connectivity index (χ0n) is 24.5. The number of carbonyl (C=O) groups is 1. The maximum absolute atomic E-state index is 14.2. The molecule has 0 unspecified atom stereocenters. The number of hydrogen-bond acceptors (Lipinski definition) is 7. The molecule has 0 saturated heterocycles. The summed E-state index contributed by atoms with van der Waals surface area (Å²) in [5.41, 5.74) is 2.91. The van der Waals surface area contributed by atoms with Crippen molar-refractivity contribution in [2.45, 2.75) is 39.3 Å². The van der Waals surface area contributed by atoms with Crippen LogP contribution in [0, 0.1) is 7.14 Å². The Hall–Kier alpha value is -2.39. The van der Waals surface area contributed by atoms with Gasteiger partial charge in [-0.1, -0.05) is 66.1 Å². The first-order valence-electron chi connectivity index (χ1n) is 14.1. The highest BCUT2D eigenvalue weighted by Crippen LogP contribution is 2.38. The maximum atomic E-state index is 14.2. The lowest BCUT2D eigenvalue weighted by molar-refractivity contribution is -0.139. The summed E-state index contributed by atoms with van der Waals surface area (Å²) in [6.07, 6.45) is 3.12. The highest BCUT2D eigenvalue weighted by atomic mass is 127. The van der Waals surface area contributed by atoms with E-state index >= 15 is 0 Å². The van der Waals surface area contributed by atoms with Crippen molar-refractivity contribution in [2.75, 3.05) is 13.7 Å². The Balaban J connectivity index is 1.64. The molecule has 0 amide bonds. The Bertz CT molecular complexity index is 1970. The van der Waals surface area contributed by atoms with Gasteiger partial charge in [-0.2, -0.15) is 0 Å². The van der Waals surface area contributed by atoms with E-state index < -0.39 is 12.0 Å². The number of aromatic nitrogens is 1. The summed E-state index contributed by atoms with van der Waals surface area (Å²) in [6.45, 7) is 4.28. The third-order valence-corrected chi connectivity index (χ3v) is 10.2. The number of benzene rings is 3. The zero-order valence-corrected chi connectivity index (χ0v) is 31.2. The van der Waals surface area contributed by atoms with Crippen molar-refractivity contribution < 1.29 is 19.0 Å². The topological polar surface area (TPSA) is 79.1 Å². The Kier molecular flexibility index (Phi) is 11.3. The van der Waals surface area contributed by atoms with Crippen LogP contribution < -0.4 is 24.4 Å². The van der Waals surface area contributed by atoms with Crippen LogP contribution in [-0.2, 0) is 16.1 Å². The Morgan fingerprint density at radius 1 is 1.09 bits per heavy atom. The molecule has 7 nitrogen and oxygen atoms in total. The summed E-state index contributed by atoms with van der Waals surface area (Å²) in [5, 5.41) is 1.10. The monoisotopic (exact) mass is 888 g/mol. The van der Waals surface area contributed by atoms with Gasteiger partial charge in [0.15, 0.2) is 4.80 Å². The smallest absolute Gasteiger partial charge is 0.338 e. The van der Waals surface area contributed by atoms with Crippen LogP contribution in [0.4, 0.5) is 0 Å². The summed E-state index contributed by atoms with van der Waals surface area (Å²) in [6, 6.07) is 15.8. The van der Waals surface area contributed by atoms with Crippen molar-refractivity contribution >= 4 is 91.8 Å². The highest BCUT2D eigenvalue weighted by molar-refractivity contribution is 14.1. The number of rotatable bonds is 10. The highest BCUT2D eigenvalue weighted by Gasteiger charge is 2.36. The van der Waals surface area contributed by atoms with Crippen molar-refractivity contribution in [1.29, 1.82) is 0 Å². The molecule has 0 saturated carbocycles. The second-order valence-electron chi connectivity index (χ2n) is 9.99. The molecule has 5 rings (SSSR count). The van der Waals surface area contributed by atoms with Gasteiger partial charge < -0.3 is 14.2 Å². The number of allylic oxidation sites excluding steroid dienone is 1. The molecule has 0 aliphatic carbocycles. The number of halogens is 4. The predicted octanol–water partition coefficient (Wildman–Crippen LogP) is 7.68. The summed E-state index contributed by atoms with van der Waals surface area (Å²) in [4.78, 5) is 33.0. The number of thiazole rings is 1. The minimum absolute atomic E-state index is 0.181. The van der Waals surface area contributed by atoms with Crippen LogP contribution >= 0.6 is 79.7 Å². The number of esters is 1. The number of methoxy groups -OCH3 is 1. The number of carbonyl (C=O) groups excluding carboxylic acids is 1. The third-order valence-electron chi connectivity index (χ3n) is 7.03. The van der Waals surface area contributed by atoms with Gasteiger partial charge >= 0.3 is 5.97 Å². The molecule has 1 aliphatic rings. The van der Waals surface area contributed by atoms with Gasteiger partial charge in [0, 0.05) is 21.2 Å². The van der Waals surface area contributed by atoms with Crippen LogP contribution in [0.1, 0.15) is 49.4 Å². The Morgan fingerprint density at radius 2 is 1.82 bits per heavy atom. The lowest BCUT2D eigenvalue weighted by atomic mass is 9.93. The first kappa shape index (κ1) is 34.0. The van der Waals surface area contributed by atoms with E-state index in [1.807, 2.05) is 49.4 Å². The van der Waals surface area contributed by atoms with Gasteiger partial charge in [-0.25, -0.2) is 9.79 Å². The van der Waals surface area contributed by atoms with E-state index in [2.05, 4.69) is 45.2 Å². The fourth-order valence-electron chi connectivity index (χ4n) is 5.05. The average Bonchev–Trinajstić information content (AvgIpc) is 3.31. The Labute approximate surface area is 301 Å². The molecule has 45 heavy (non-hydrogen) atoms. The quantitative estimate of drug-likeness (QED) is 0.121. The van der Waals surface area contributed by atoms with E-state index in [0.29, 0.717) is 55.0 Å². The van der Waals surface area contributed by atoms with Gasteiger partial charge in [0.1, 0.15) is 24.1 Å². The fourth-order valence-corrected chi connectivity index (χ4v) is 8.57. The molecule has 234 valence electrons. The number of nitrogens with zero attached hydrogens (tertiary/aromatic N) is 2. The molecule has 0 spiro atoms. The second kappa shape index (κ2) is 15.0. The molecule has 0 N–H and O–H groups in total. The number of hydrogen-bond donors (Lipinski definition) is 0. The molecule has 3 aromatic carbocycles. The Morgan fingerprint density at radius 3 is 2.49 bits per heavy atom. The van der Waals surface area contributed by atoms with Crippen molar-refractivity contribution in [3.8, 4) is 11.5 Å². The van der Waals surface area contributed by atoms with Gasteiger partial charge in [-0.15, -0.1) is 0 Å². The van der Waals surface area contributed by atoms with Crippen LogP contribution in [0.25, 0.3) is 6.08 Å². The van der Waals surface area contributed by atoms with Gasteiger partial charge in [-0.3, -0.25) is 9.36 Å². The molecule has 1 aliphatic heterocycles. The summed E-state index contributed by atoms with van der Waals surface area (Å²) >= 11 is 18.5. The number of fused-ring (bicyclic) bond motifs is 1. The lowest BCUT2D eigenvalue weighted by Gasteiger charge is -2.27. The molecule has 1 aromatic heterocycles. The molecule has 0 bridgehead atoms. The van der Waals surface area contributed by atoms with E-state index in [1.165, 1.54) is 11.3 Å². The number of ether oxygens (including phenoxy) is 3. The fraction of sp³-hybridized carbons (Fsp3) is 0.242. The second-order valence-corrected chi connectivity index (χ2v) is 14.2. The first-order chi connectivity index (χ1) is 21.7. The molecular formula is C33H28Cl2I2N2O5S. The van der Waals surface area contributed by atoms with Crippen LogP contribution in [0.2, 0.25) is 10.0 Å². The molecule has 1 atom stereocenters. The van der Waals surface area contributed by atoms with Crippen LogP contribution in [0.5, 0.6) is 11.5 Å². The van der Waals surface area contributed by atoms with Gasteiger partial charge in [0.25, 0.3) is 5.56 Å². The maximum Gasteiger partial charge on any atom is 0.338 e. The molecule has 0 fully saturated rings. The van der Waals surface area contributed by atoms with Crippen molar-refractivity contribution in [1.82, 2.24) is 4.57 Å². The van der Waals surface area contributed by atoms with Gasteiger partial charge in [-0.05, 0) is 107 Å². The summed E-state index contributed by atoms with van der Waals surface area (Å²) in [7, 11) is 1.54. The van der Waals surface area contributed by atoms with E-state index in [-0.39, 0.29) is 12.2 Å². The average molecular weight is 889 g/mol. The van der Waals surface area contributed by atoms with Gasteiger partial charge in [0.2, 0.25) is 0 Å². The van der Waals surface area contributed by atoms with E-state index in [0.717, 1.165) is 30.4 Å². The predicted molar refractivity (Wildman–Crippen MR) is 195 cm³/mol. The van der Waals surface area contributed by atoms with Crippen molar-refractivity contribution in [3.63, 3.8) is 0 Å². The van der Waals surface area contributed by atoms with E-state index in [9.17, 15) is 9.59 Å². The SMILES string of the molecule is CCCC1=C(C(=O)OCC)[C@@H](c2cc(Cl)ccc2OC)n2c(s/c(=C/c3cc(I)c(OCc4ccccc4Cl)c(I)c3)c2=O)=N1. The molecule has 4 aromatic rings. The third kappa shape index (κ3) is 7.29. The molecule has 2 heterocycles. The zero-order chi connectivity index (χ0) is 32.2. The van der Waals surface area contributed by atoms with Crippen molar-refractivity contribution in [3.05, 3.63) is 119 Å². The van der Waals surface area contributed by atoms with Crippen LogP contribution in [-0.4, -0.2) is 24.3 Å². The summed E-state index contributed by atoms with van der Waals surface area (Å²) in [5.74, 6) is 0.712. The largest absolute Gasteiger partial charge is 0.496 e. The molecule has 0 radical (unpaired) electrons. The standard InChI is InChI=1S/C33H28Cl2I2N2O5S/c1-4-8-25-28(32(41)43-5-2)29(21-16-20(34)11-12-26(21)42-3)39-31(40)27(45-33(39)38-25)15-18-13-23(36)30(24(37)14-18)44-17-19-9-6-7-10-22(19)35/h6-7,9-16,29H,4-5,8,17H2,1-3H3/b27-15+/t29-/m1/s1. The lowest BCUT2D eigenvalue weighted by Crippen LogP contribution is -2.40. The molecular weight excluding hydrogens is 861 g/mol. The van der Waals surface area contributed by atoms with Crippen molar-refractivity contribution in [2.24, 2.45) is 4.99 Å². The first-order valence-corrected chi connectivity index (χ1v) is 17.8. The van der Waals surface area contributed by atoms with Crippen LogP contribution in [0.15, 0.2) is 75.7 Å². The molecule has 12 heteroatoms.